The fraction of sp³-hybridized carbons (Fsp3) is 0.353. The van der Waals surface area contributed by atoms with E-state index in [1.165, 1.54) is 12.8 Å². The first kappa shape index (κ1) is 14.4. The van der Waals surface area contributed by atoms with Gasteiger partial charge in [-0.05, 0) is 36.6 Å². The van der Waals surface area contributed by atoms with Crippen LogP contribution in [-0.4, -0.2) is 23.4 Å². The lowest BCUT2D eigenvalue weighted by atomic mass is 10.1. The second kappa shape index (κ2) is 6.94. The first-order valence-corrected chi connectivity index (χ1v) is 7.16. The molecule has 1 aromatic carbocycles. The van der Waals surface area contributed by atoms with Crippen LogP contribution in [0.2, 0.25) is 0 Å². The molecule has 3 nitrogen and oxygen atoms in total. The standard InChI is InChI=1S/C17H22N2O/c1-2-13-19(16-5-3-4-6-16)17(20)12-9-14-7-10-15(18)11-8-14/h2,7-12,16H,1,3-6,13,18H2/b12-9+. The summed E-state index contributed by atoms with van der Waals surface area (Å²) < 4.78 is 0. The van der Waals surface area contributed by atoms with Crippen molar-refractivity contribution in [2.75, 3.05) is 12.3 Å². The monoisotopic (exact) mass is 270 g/mol. The highest BCUT2D eigenvalue weighted by Crippen LogP contribution is 2.23. The number of amides is 1. The van der Waals surface area contributed by atoms with Crippen LogP contribution in [0, 0.1) is 0 Å². The van der Waals surface area contributed by atoms with Crippen LogP contribution in [0.3, 0.4) is 0 Å². The largest absolute Gasteiger partial charge is 0.399 e. The molecule has 20 heavy (non-hydrogen) atoms. The molecule has 0 aliphatic heterocycles. The van der Waals surface area contributed by atoms with E-state index in [0.717, 1.165) is 24.1 Å². The Morgan fingerprint density at radius 3 is 2.55 bits per heavy atom. The van der Waals surface area contributed by atoms with Gasteiger partial charge in [-0.2, -0.15) is 0 Å². The summed E-state index contributed by atoms with van der Waals surface area (Å²) in [5.41, 5.74) is 7.36. The van der Waals surface area contributed by atoms with Crippen molar-refractivity contribution in [2.24, 2.45) is 0 Å². The van der Waals surface area contributed by atoms with Crippen LogP contribution >= 0.6 is 0 Å². The van der Waals surface area contributed by atoms with Crippen LogP contribution in [0.4, 0.5) is 5.69 Å². The van der Waals surface area contributed by atoms with Crippen LogP contribution < -0.4 is 5.73 Å². The Morgan fingerprint density at radius 1 is 1.30 bits per heavy atom. The van der Waals surface area contributed by atoms with E-state index < -0.39 is 0 Å². The molecule has 1 aromatic rings. The topological polar surface area (TPSA) is 46.3 Å². The van der Waals surface area contributed by atoms with Crippen LogP contribution in [-0.2, 0) is 4.79 Å². The third-order valence-corrected chi connectivity index (χ3v) is 3.73. The predicted molar refractivity (Wildman–Crippen MR) is 84.1 cm³/mol. The normalized spacial score (nSPS) is 15.6. The molecule has 1 saturated carbocycles. The summed E-state index contributed by atoms with van der Waals surface area (Å²) >= 11 is 0. The highest BCUT2D eigenvalue weighted by Gasteiger charge is 2.24. The molecule has 2 rings (SSSR count). The third kappa shape index (κ3) is 3.73. The quantitative estimate of drug-likeness (QED) is 0.507. The highest BCUT2D eigenvalue weighted by molar-refractivity contribution is 5.92. The summed E-state index contributed by atoms with van der Waals surface area (Å²) in [6.07, 6.45) is 9.93. The average molecular weight is 270 g/mol. The van der Waals surface area contributed by atoms with Gasteiger partial charge >= 0.3 is 0 Å². The molecule has 0 bridgehead atoms. The van der Waals surface area contributed by atoms with Crippen molar-refractivity contribution >= 4 is 17.7 Å². The van der Waals surface area contributed by atoms with Crippen molar-refractivity contribution in [2.45, 2.75) is 31.7 Å². The minimum Gasteiger partial charge on any atom is -0.399 e. The molecule has 0 heterocycles. The molecular weight excluding hydrogens is 248 g/mol. The summed E-state index contributed by atoms with van der Waals surface area (Å²) in [6, 6.07) is 7.86. The van der Waals surface area contributed by atoms with E-state index in [2.05, 4.69) is 6.58 Å². The fourth-order valence-electron chi connectivity index (χ4n) is 2.64. The van der Waals surface area contributed by atoms with E-state index in [1.807, 2.05) is 35.2 Å². The Balaban J connectivity index is 2.03. The Kier molecular flexibility index (Phi) is 4.99. The number of nitrogens with zero attached hydrogens (tertiary/aromatic N) is 1. The van der Waals surface area contributed by atoms with Gasteiger partial charge < -0.3 is 10.6 Å². The molecule has 1 aliphatic rings. The van der Waals surface area contributed by atoms with Crippen LogP contribution in [0.5, 0.6) is 0 Å². The number of carbonyl (C=O) groups is 1. The summed E-state index contributed by atoms with van der Waals surface area (Å²) in [5, 5.41) is 0. The number of nitrogen functional groups attached to an aromatic ring is 1. The maximum atomic E-state index is 12.3. The van der Waals surface area contributed by atoms with E-state index in [4.69, 9.17) is 5.73 Å². The molecule has 3 heteroatoms. The zero-order valence-electron chi connectivity index (χ0n) is 11.8. The summed E-state index contributed by atoms with van der Waals surface area (Å²) in [7, 11) is 0. The lowest BCUT2D eigenvalue weighted by molar-refractivity contribution is -0.127. The maximum Gasteiger partial charge on any atom is 0.247 e. The lowest BCUT2D eigenvalue weighted by Gasteiger charge is -2.26. The van der Waals surface area contributed by atoms with Gasteiger partial charge in [0.25, 0.3) is 0 Å². The Morgan fingerprint density at radius 2 is 1.95 bits per heavy atom. The highest BCUT2D eigenvalue weighted by atomic mass is 16.2. The maximum absolute atomic E-state index is 12.3. The Hall–Kier alpha value is -2.03. The van der Waals surface area contributed by atoms with Gasteiger partial charge in [-0.3, -0.25) is 4.79 Å². The fourth-order valence-corrected chi connectivity index (χ4v) is 2.64. The van der Waals surface area contributed by atoms with Crippen LogP contribution in [0.25, 0.3) is 6.08 Å². The second-order valence-electron chi connectivity index (χ2n) is 5.22. The van der Waals surface area contributed by atoms with Crippen molar-refractivity contribution in [1.82, 2.24) is 4.90 Å². The van der Waals surface area contributed by atoms with Crippen molar-refractivity contribution in [1.29, 1.82) is 0 Å². The van der Waals surface area contributed by atoms with Gasteiger partial charge in [0, 0.05) is 24.4 Å². The van der Waals surface area contributed by atoms with Gasteiger partial charge in [0.15, 0.2) is 0 Å². The molecule has 0 spiro atoms. The van der Waals surface area contributed by atoms with E-state index in [9.17, 15) is 4.79 Å². The molecule has 0 unspecified atom stereocenters. The second-order valence-corrected chi connectivity index (χ2v) is 5.22. The van der Waals surface area contributed by atoms with Crippen molar-refractivity contribution in [3.63, 3.8) is 0 Å². The molecule has 0 atom stereocenters. The van der Waals surface area contributed by atoms with Crippen molar-refractivity contribution < 1.29 is 4.79 Å². The first-order chi connectivity index (χ1) is 9.70. The molecule has 106 valence electrons. The minimum absolute atomic E-state index is 0.0635. The number of hydrogen-bond acceptors (Lipinski definition) is 2. The van der Waals surface area contributed by atoms with E-state index in [1.54, 1.807) is 12.2 Å². The zero-order chi connectivity index (χ0) is 14.4. The molecule has 0 aromatic heterocycles. The average Bonchev–Trinajstić information content (AvgIpc) is 2.97. The van der Waals surface area contributed by atoms with Gasteiger partial charge in [-0.25, -0.2) is 0 Å². The molecule has 0 saturated heterocycles. The van der Waals surface area contributed by atoms with Gasteiger partial charge in [-0.15, -0.1) is 6.58 Å². The summed E-state index contributed by atoms with van der Waals surface area (Å²) in [5.74, 6) is 0.0635. The first-order valence-electron chi connectivity index (χ1n) is 7.16. The summed E-state index contributed by atoms with van der Waals surface area (Å²) in [6.45, 7) is 4.37. The number of hydrogen-bond donors (Lipinski definition) is 1. The van der Waals surface area contributed by atoms with Gasteiger partial charge in [-0.1, -0.05) is 31.1 Å². The molecular formula is C17H22N2O. The smallest absolute Gasteiger partial charge is 0.247 e. The summed E-state index contributed by atoms with van der Waals surface area (Å²) in [4.78, 5) is 14.3. The molecule has 2 N–H and O–H groups in total. The van der Waals surface area contributed by atoms with E-state index in [-0.39, 0.29) is 5.91 Å². The number of nitrogens with two attached hydrogens (primary N) is 1. The number of anilines is 1. The van der Waals surface area contributed by atoms with Crippen molar-refractivity contribution in [3.8, 4) is 0 Å². The Labute approximate surface area is 120 Å². The van der Waals surface area contributed by atoms with Gasteiger partial charge in [0.05, 0.1) is 0 Å². The lowest BCUT2D eigenvalue weighted by Crippen LogP contribution is -2.37. The molecule has 1 aliphatic carbocycles. The van der Waals surface area contributed by atoms with Crippen LogP contribution in [0.15, 0.2) is 43.0 Å². The third-order valence-electron chi connectivity index (χ3n) is 3.73. The Bertz CT molecular complexity index is 484. The molecule has 0 radical (unpaired) electrons. The zero-order valence-corrected chi connectivity index (χ0v) is 11.8. The van der Waals surface area contributed by atoms with Crippen molar-refractivity contribution in [3.05, 3.63) is 48.6 Å². The number of rotatable bonds is 5. The predicted octanol–water partition coefficient (Wildman–Crippen LogP) is 3.24. The number of benzene rings is 1. The van der Waals surface area contributed by atoms with Crippen LogP contribution in [0.1, 0.15) is 31.2 Å². The van der Waals surface area contributed by atoms with E-state index >= 15 is 0 Å². The molecule has 1 amide bonds. The SMILES string of the molecule is C=CCN(C(=O)/C=C/c1ccc(N)cc1)C1CCCC1. The van der Waals surface area contributed by atoms with Gasteiger partial charge in [0.2, 0.25) is 5.91 Å². The number of carbonyl (C=O) groups excluding carboxylic acids is 1. The van der Waals surface area contributed by atoms with Gasteiger partial charge in [0.1, 0.15) is 0 Å². The molecule has 1 fully saturated rings. The minimum atomic E-state index is 0.0635. The van der Waals surface area contributed by atoms with E-state index in [0.29, 0.717) is 12.6 Å².